The van der Waals surface area contributed by atoms with E-state index >= 15 is 0 Å². The van der Waals surface area contributed by atoms with Crippen LogP contribution in [-0.2, 0) is 0 Å². The van der Waals surface area contributed by atoms with Crippen LogP contribution < -0.4 is 0 Å². The topological polar surface area (TPSA) is 0 Å². The first-order valence-electron chi connectivity index (χ1n) is 3.68. The third-order valence-corrected chi connectivity index (χ3v) is 1.63. The minimum atomic E-state index is 1.09. The van der Waals surface area contributed by atoms with Gasteiger partial charge in [-0.3, -0.25) is 0 Å². The van der Waals surface area contributed by atoms with E-state index in [1.54, 1.807) is 0 Å². The molecule has 1 rings (SSSR count). The highest BCUT2D eigenvalue weighted by molar-refractivity contribution is 5.46. The van der Waals surface area contributed by atoms with Gasteiger partial charge in [0.25, 0.3) is 0 Å². The molecule has 0 nitrogen and oxygen atoms in total. The predicted octanol–water partition coefficient (Wildman–Crippen LogP) is 3.16. The molecule has 0 amide bonds. The maximum absolute atomic E-state index is 3.89. The molecule has 1 aliphatic rings. The molecule has 0 aromatic rings. The number of hydrogen-bond acceptors (Lipinski definition) is 0. The molecule has 0 heterocycles. The van der Waals surface area contributed by atoms with Gasteiger partial charge in [-0.25, -0.2) is 0 Å². The van der Waals surface area contributed by atoms with Gasteiger partial charge in [-0.2, -0.15) is 0 Å². The van der Waals surface area contributed by atoms with Crippen molar-refractivity contribution in [1.29, 1.82) is 0 Å². The van der Waals surface area contributed by atoms with Gasteiger partial charge >= 0.3 is 0 Å². The molecule has 0 bridgehead atoms. The van der Waals surface area contributed by atoms with Crippen LogP contribution in [0.5, 0.6) is 0 Å². The summed E-state index contributed by atoms with van der Waals surface area (Å²) in [5, 5.41) is 0. The van der Waals surface area contributed by atoms with E-state index < -0.39 is 0 Å². The second-order valence-corrected chi connectivity index (χ2v) is 2.68. The maximum atomic E-state index is 3.89. The SMILES string of the molecule is C=C(C)C1=CC=CC=C=C1C. The molecule has 56 valence electrons. The van der Waals surface area contributed by atoms with Gasteiger partial charge in [0.05, 0.1) is 0 Å². The van der Waals surface area contributed by atoms with Crippen molar-refractivity contribution in [2.75, 3.05) is 0 Å². The molecule has 0 radical (unpaired) electrons. The molecule has 0 unspecified atom stereocenters. The lowest BCUT2D eigenvalue weighted by atomic mass is 10.0. The van der Waals surface area contributed by atoms with Crippen molar-refractivity contribution in [3.8, 4) is 0 Å². The summed E-state index contributed by atoms with van der Waals surface area (Å²) < 4.78 is 0. The number of allylic oxidation sites excluding steroid dienone is 6. The zero-order valence-electron chi connectivity index (χ0n) is 7.02. The van der Waals surface area contributed by atoms with Gasteiger partial charge in [-0.05, 0) is 31.1 Å². The van der Waals surface area contributed by atoms with Crippen molar-refractivity contribution in [1.82, 2.24) is 0 Å². The summed E-state index contributed by atoms with van der Waals surface area (Å²) in [4.78, 5) is 0. The second kappa shape index (κ2) is 3.23. The molecule has 1 aliphatic carbocycles. The molecule has 0 N–H and O–H groups in total. The van der Waals surface area contributed by atoms with Crippen LogP contribution in [0.4, 0.5) is 0 Å². The Hall–Kier alpha value is -1.26. The minimum Gasteiger partial charge on any atom is -0.117 e. The largest absolute Gasteiger partial charge is 0.117 e. The van der Waals surface area contributed by atoms with E-state index in [9.17, 15) is 0 Å². The van der Waals surface area contributed by atoms with Gasteiger partial charge in [0.15, 0.2) is 0 Å². The standard InChI is InChI=1S/C11H12/c1-9(2)11-8-6-4-5-7-10(11)3/h4-6,8H,1H2,2-3H3. The van der Waals surface area contributed by atoms with Gasteiger partial charge in [0, 0.05) is 0 Å². The van der Waals surface area contributed by atoms with E-state index in [2.05, 4.69) is 18.4 Å². The van der Waals surface area contributed by atoms with Crippen molar-refractivity contribution >= 4 is 0 Å². The minimum absolute atomic E-state index is 1.09. The smallest absolute Gasteiger partial charge is 0.00166 e. The fourth-order valence-electron chi connectivity index (χ4n) is 1.05. The van der Waals surface area contributed by atoms with Crippen LogP contribution in [0.3, 0.4) is 0 Å². The highest BCUT2D eigenvalue weighted by atomic mass is 14.0. The zero-order valence-corrected chi connectivity index (χ0v) is 7.02. The molecule has 0 saturated heterocycles. The summed E-state index contributed by atoms with van der Waals surface area (Å²) >= 11 is 0. The zero-order chi connectivity index (χ0) is 8.27. The Balaban J connectivity index is 3.12. The number of hydrogen-bond donors (Lipinski definition) is 0. The quantitative estimate of drug-likeness (QED) is 0.496. The first kappa shape index (κ1) is 7.84. The van der Waals surface area contributed by atoms with E-state index in [1.807, 2.05) is 32.1 Å². The fourth-order valence-corrected chi connectivity index (χ4v) is 1.05. The van der Waals surface area contributed by atoms with Crippen LogP contribution in [0.25, 0.3) is 0 Å². The molecular weight excluding hydrogens is 132 g/mol. The molecule has 11 heavy (non-hydrogen) atoms. The van der Waals surface area contributed by atoms with Crippen LogP contribution in [0.1, 0.15) is 13.8 Å². The Labute approximate surface area is 67.9 Å². The lowest BCUT2D eigenvalue weighted by Gasteiger charge is -2.02. The normalized spacial score (nSPS) is 15.5. The molecule has 0 aromatic heterocycles. The van der Waals surface area contributed by atoms with Crippen molar-refractivity contribution in [3.05, 3.63) is 53.3 Å². The van der Waals surface area contributed by atoms with Crippen molar-refractivity contribution in [2.45, 2.75) is 13.8 Å². The molecule has 0 atom stereocenters. The lowest BCUT2D eigenvalue weighted by Crippen LogP contribution is -1.83. The van der Waals surface area contributed by atoms with Crippen LogP contribution in [0.15, 0.2) is 53.3 Å². The average molecular weight is 144 g/mol. The Bertz CT molecular complexity index is 292. The van der Waals surface area contributed by atoms with E-state index in [-0.39, 0.29) is 0 Å². The summed E-state index contributed by atoms with van der Waals surface area (Å²) in [7, 11) is 0. The van der Waals surface area contributed by atoms with Crippen LogP contribution in [0.2, 0.25) is 0 Å². The van der Waals surface area contributed by atoms with Gasteiger partial charge < -0.3 is 0 Å². The average Bonchev–Trinajstić information content (AvgIpc) is 2.13. The van der Waals surface area contributed by atoms with Gasteiger partial charge in [-0.15, -0.1) is 5.73 Å². The molecule has 0 spiro atoms. The first-order chi connectivity index (χ1) is 5.22. The Morgan fingerprint density at radius 2 is 2.18 bits per heavy atom. The molecule has 0 saturated carbocycles. The van der Waals surface area contributed by atoms with E-state index in [4.69, 9.17) is 0 Å². The third kappa shape index (κ3) is 1.83. The lowest BCUT2D eigenvalue weighted by molar-refractivity contribution is 1.34. The summed E-state index contributed by atoms with van der Waals surface area (Å²) in [5.74, 6) is 0. The maximum Gasteiger partial charge on any atom is -0.00166 e. The van der Waals surface area contributed by atoms with Crippen LogP contribution in [0, 0.1) is 0 Å². The Morgan fingerprint density at radius 1 is 1.45 bits per heavy atom. The Morgan fingerprint density at radius 3 is 2.82 bits per heavy atom. The highest BCUT2D eigenvalue weighted by Crippen LogP contribution is 2.17. The molecule has 0 aliphatic heterocycles. The molecular formula is C11H12. The van der Waals surface area contributed by atoms with E-state index in [1.165, 1.54) is 5.57 Å². The van der Waals surface area contributed by atoms with Crippen LogP contribution >= 0.6 is 0 Å². The molecule has 0 heteroatoms. The highest BCUT2D eigenvalue weighted by Gasteiger charge is 1.98. The van der Waals surface area contributed by atoms with Gasteiger partial charge in [0.1, 0.15) is 0 Å². The van der Waals surface area contributed by atoms with Gasteiger partial charge in [0.2, 0.25) is 0 Å². The van der Waals surface area contributed by atoms with Gasteiger partial charge in [-0.1, -0.05) is 30.4 Å². The van der Waals surface area contributed by atoms with Crippen molar-refractivity contribution < 1.29 is 0 Å². The Kier molecular flexibility index (Phi) is 2.30. The predicted molar refractivity (Wildman–Crippen MR) is 49.3 cm³/mol. The molecule has 0 aromatic carbocycles. The molecule has 0 fully saturated rings. The first-order valence-corrected chi connectivity index (χ1v) is 3.68. The second-order valence-electron chi connectivity index (χ2n) is 2.68. The van der Waals surface area contributed by atoms with Crippen LogP contribution in [-0.4, -0.2) is 0 Å². The monoisotopic (exact) mass is 144 g/mol. The van der Waals surface area contributed by atoms with Crippen molar-refractivity contribution in [3.63, 3.8) is 0 Å². The summed E-state index contributed by atoms with van der Waals surface area (Å²) in [6.45, 7) is 7.95. The fraction of sp³-hybridized carbons (Fsp3) is 0.182. The third-order valence-electron chi connectivity index (χ3n) is 1.63. The van der Waals surface area contributed by atoms with E-state index in [0.717, 1.165) is 11.1 Å². The number of rotatable bonds is 1. The van der Waals surface area contributed by atoms with E-state index in [0.29, 0.717) is 0 Å². The summed E-state index contributed by atoms with van der Waals surface area (Å²) in [5.41, 5.74) is 6.59. The summed E-state index contributed by atoms with van der Waals surface area (Å²) in [6.07, 6.45) is 7.96. The van der Waals surface area contributed by atoms with Crippen molar-refractivity contribution in [2.24, 2.45) is 0 Å². The summed E-state index contributed by atoms with van der Waals surface area (Å²) in [6, 6.07) is 0.